The third-order valence-corrected chi connectivity index (χ3v) is 13.1. The fourth-order valence-corrected chi connectivity index (χ4v) is 8.56. The number of ether oxygens (including phenoxy) is 3. The van der Waals surface area contributed by atoms with E-state index in [0.717, 1.165) is 89.9 Å². The number of hydrogen-bond donors (Lipinski definition) is 6. The summed E-state index contributed by atoms with van der Waals surface area (Å²) in [6.45, 7) is 5.63. The van der Waals surface area contributed by atoms with E-state index in [1.165, 1.54) is 96.3 Å². The van der Waals surface area contributed by atoms with Crippen LogP contribution < -0.4 is 5.32 Å². The number of unbranched alkanes of at least 4 members (excludes halogenated alkanes) is 23. The van der Waals surface area contributed by atoms with Crippen LogP contribution in [0.5, 0.6) is 0 Å². The van der Waals surface area contributed by atoms with E-state index in [2.05, 4.69) is 86.8 Å². The number of aliphatic hydroxyl groups is 5. The summed E-state index contributed by atoms with van der Waals surface area (Å²) in [4.78, 5) is 26.4. The molecule has 0 aliphatic carbocycles. The van der Waals surface area contributed by atoms with E-state index in [1.54, 1.807) is 6.08 Å². The Bertz CT molecular complexity index is 1430. The fraction of sp³-hybridized carbons (Fsp3) is 0.767. The van der Waals surface area contributed by atoms with Crippen molar-refractivity contribution >= 4 is 11.9 Å². The quantitative estimate of drug-likeness (QED) is 0.0196. The molecule has 1 rings (SSSR count). The molecule has 11 heteroatoms. The van der Waals surface area contributed by atoms with Gasteiger partial charge in [-0.2, -0.15) is 0 Å². The van der Waals surface area contributed by atoms with E-state index in [9.17, 15) is 35.1 Å². The molecule has 0 saturated carbocycles. The number of amides is 1. The van der Waals surface area contributed by atoms with Crippen LogP contribution in [0.3, 0.4) is 0 Å². The second kappa shape index (κ2) is 48.1. The highest BCUT2D eigenvalue weighted by Gasteiger charge is 2.47. The first kappa shape index (κ1) is 66.1. The number of nitrogens with one attached hydrogen (secondary N) is 1. The van der Waals surface area contributed by atoms with Crippen LogP contribution in [0.1, 0.15) is 233 Å². The van der Waals surface area contributed by atoms with Crippen LogP contribution in [0.4, 0.5) is 0 Å². The molecular formula is C60H105NO10. The molecule has 0 bridgehead atoms. The zero-order valence-electron chi connectivity index (χ0n) is 45.1. The Balaban J connectivity index is 2.75. The van der Waals surface area contributed by atoms with Gasteiger partial charge in [0.25, 0.3) is 0 Å². The van der Waals surface area contributed by atoms with E-state index < -0.39 is 67.4 Å². The standard InChI is InChI=1S/C60H105NO10/c1-4-7-10-13-16-19-22-24-25-26-27-28-30-32-35-38-41-44-47-53(64)59(68)61-51(52(63)46-43-40-37-34-31-21-18-15-12-9-6-3)50-69-60-58(57(67)56(66)54(49-62)70-60)71-55(65)48-45-42-39-36-33-29-23-20-17-14-11-8-5-2/h7,10,16,19,24-25,27-28,32,35,43,46,51-54,56-58,60,62-64,66-67H,4-6,8-9,11-15,17-18,20-23,26,29-31,33-34,36-42,44-45,47-50H2,1-3H3,(H,61,68)/b10-7-,19-16-,25-24-,28-27-,35-32-,46-43+. The molecule has 0 aromatic rings. The maximum Gasteiger partial charge on any atom is 0.306 e. The normalized spacial score (nSPS) is 20.1. The van der Waals surface area contributed by atoms with Gasteiger partial charge in [-0.1, -0.05) is 229 Å². The molecule has 0 radical (unpaired) electrons. The molecule has 1 saturated heterocycles. The van der Waals surface area contributed by atoms with Crippen molar-refractivity contribution in [2.45, 2.75) is 282 Å². The predicted molar refractivity (Wildman–Crippen MR) is 292 cm³/mol. The second-order valence-corrected chi connectivity index (χ2v) is 19.6. The lowest BCUT2D eigenvalue weighted by molar-refractivity contribution is -0.305. The van der Waals surface area contributed by atoms with Crippen molar-refractivity contribution in [3.63, 3.8) is 0 Å². The molecule has 1 amide bonds. The van der Waals surface area contributed by atoms with E-state index in [4.69, 9.17) is 14.2 Å². The maximum atomic E-state index is 13.4. The first-order valence-electron chi connectivity index (χ1n) is 28.7. The first-order valence-corrected chi connectivity index (χ1v) is 28.7. The summed E-state index contributed by atoms with van der Waals surface area (Å²) in [5.74, 6) is -1.23. The molecule has 1 heterocycles. The molecule has 1 aliphatic heterocycles. The van der Waals surface area contributed by atoms with Gasteiger partial charge in [0.2, 0.25) is 5.91 Å². The molecule has 6 N–H and O–H groups in total. The second-order valence-electron chi connectivity index (χ2n) is 19.6. The number of hydrogen-bond acceptors (Lipinski definition) is 10. The number of allylic oxidation sites excluding steroid dienone is 11. The Kier molecular flexibility index (Phi) is 44.8. The van der Waals surface area contributed by atoms with Crippen molar-refractivity contribution in [3.8, 4) is 0 Å². The van der Waals surface area contributed by atoms with Gasteiger partial charge in [-0.3, -0.25) is 9.59 Å². The SMILES string of the molecule is CC/C=C\C/C=C\C/C=C\C/C=C\C/C=C\CCCCC(O)C(=O)NC(COC1OC(CO)C(O)C(O)C1OC(=O)CCCCCCCCCCCCCCC)C(O)/C=C/CCCCCCCCCCC. The van der Waals surface area contributed by atoms with Crippen molar-refractivity contribution in [2.75, 3.05) is 13.2 Å². The van der Waals surface area contributed by atoms with Crippen molar-refractivity contribution < 1.29 is 49.3 Å². The van der Waals surface area contributed by atoms with Crippen LogP contribution in [0.2, 0.25) is 0 Å². The number of rotatable bonds is 47. The van der Waals surface area contributed by atoms with Crippen molar-refractivity contribution in [2.24, 2.45) is 0 Å². The van der Waals surface area contributed by atoms with Gasteiger partial charge in [-0.25, -0.2) is 0 Å². The van der Waals surface area contributed by atoms with Gasteiger partial charge in [0.05, 0.1) is 25.4 Å². The smallest absolute Gasteiger partial charge is 0.306 e. The number of carbonyl (C=O) groups is 2. The average molecular weight is 1000 g/mol. The Morgan fingerprint density at radius 2 is 1.01 bits per heavy atom. The summed E-state index contributed by atoms with van der Waals surface area (Å²) in [5.41, 5.74) is 0. The predicted octanol–water partition coefficient (Wildman–Crippen LogP) is 12.8. The summed E-state index contributed by atoms with van der Waals surface area (Å²) in [5, 5.41) is 56.7. The highest BCUT2D eigenvalue weighted by molar-refractivity contribution is 5.80. The summed E-state index contributed by atoms with van der Waals surface area (Å²) in [6, 6.07) is -1.04. The van der Waals surface area contributed by atoms with Crippen LogP contribution in [-0.2, 0) is 23.8 Å². The van der Waals surface area contributed by atoms with Gasteiger partial charge in [0.15, 0.2) is 12.4 Å². The average Bonchev–Trinajstić information content (AvgIpc) is 3.37. The molecule has 1 aliphatic rings. The van der Waals surface area contributed by atoms with Crippen molar-refractivity contribution in [1.82, 2.24) is 5.32 Å². The Morgan fingerprint density at radius 1 is 0.563 bits per heavy atom. The number of carbonyl (C=O) groups excluding carboxylic acids is 2. The maximum absolute atomic E-state index is 13.4. The van der Waals surface area contributed by atoms with Gasteiger partial charge < -0.3 is 45.1 Å². The van der Waals surface area contributed by atoms with Crippen molar-refractivity contribution in [1.29, 1.82) is 0 Å². The van der Waals surface area contributed by atoms with Crippen molar-refractivity contribution in [3.05, 3.63) is 72.9 Å². The molecule has 0 spiro atoms. The summed E-state index contributed by atoms with van der Waals surface area (Å²) < 4.78 is 17.5. The molecule has 0 aromatic heterocycles. The largest absolute Gasteiger partial charge is 0.454 e. The van der Waals surface area contributed by atoms with Gasteiger partial charge >= 0.3 is 5.97 Å². The molecule has 8 atom stereocenters. The van der Waals surface area contributed by atoms with Gasteiger partial charge in [-0.05, 0) is 70.6 Å². The molecule has 11 nitrogen and oxygen atoms in total. The molecule has 0 aromatic carbocycles. The lowest BCUT2D eigenvalue weighted by atomic mass is 9.99. The highest BCUT2D eigenvalue weighted by Crippen LogP contribution is 2.26. The monoisotopic (exact) mass is 1000 g/mol. The van der Waals surface area contributed by atoms with Gasteiger partial charge in [0, 0.05) is 6.42 Å². The van der Waals surface area contributed by atoms with E-state index in [-0.39, 0.29) is 19.4 Å². The third-order valence-electron chi connectivity index (χ3n) is 13.1. The number of esters is 1. The lowest BCUT2D eigenvalue weighted by Gasteiger charge is -2.41. The fourth-order valence-electron chi connectivity index (χ4n) is 8.56. The Morgan fingerprint density at radius 3 is 1.52 bits per heavy atom. The Labute approximate surface area is 432 Å². The molecule has 71 heavy (non-hydrogen) atoms. The minimum atomic E-state index is -1.62. The third kappa shape index (κ3) is 36.6. The highest BCUT2D eigenvalue weighted by atomic mass is 16.7. The molecular weight excluding hydrogens is 895 g/mol. The topological polar surface area (TPSA) is 175 Å². The van der Waals surface area contributed by atoms with Crippen LogP contribution in [0, 0.1) is 0 Å². The van der Waals surface area contributed by atoms with E-state index in [1.807, 2.05) is 6.08 Å². The summed E-state index contributed by atoms with van der Waals surface area (Å²) >= 11 is 0. The summed E-state index contributed by atoms with van der Waals surface area (Å²) in [6.07, 6.45) is 49.5. The van der Waals surface area contributed by atoms with Crippen LogP contribution in [0.15, 0.2) is 72.9 Å². The molecule has 410 valence electrons. The molecule has 1 fully saturated rings. The van der Waals surface area contributed by atoms with E-state index >= 15 is 0 Å². The number of aliphatic hydroxyl groups excluding tert-OH is 5. The molecule has 8 unspecified atom stereocenters. The first-order chi connectivity index (χ1) is 34.7. The van der Waals surface area contributed by atoms with E-state index in [0.29, 0.717) is 12.8 Å². The van der Waals surface area contributed by atoms with Gasteiger partial charge in [0.1, 0.15) is 24.4 Å². The zero-order chi connectivity index (χ0) is 51.8. The van der Waals surface area contributed by atoms with Crippen LogP contribution in [0.25, 0.3) is 0 Å². The minimum absolute atomic E-state index is 0.120. The Hall–Kier alpha value is -2.90. The minimum Gasteiger partial charge on any atom is -0.454 e. The summed E-state index contributed by atoms with van der Waals surface area (Å²) in [7, 11) is 0. The van der Waals surface area contributed by atoms with Crippen LogP contribution >= 0.6 is 0 Å². The van der Waals surface area contributed by atoms with Gasteiger partial charge in [-0.15, -0.1) is 0 Å². The van der Waals surface area contributed by atoms with Crippen LogP contribution in [-0.4, -0.2) is 99.6 Å². The lowest BCUT2D eigenvalue weighted by Crippen LogP contribution is -2.61. The zero-order valence-corrected chi connectivity index (χ0v) is 45.1.